The van der Waals surface area contributed by atoms with Gasteiger partial charge in [-0.2, -0.15) is 0 Å². The Morgan fingerprint density at radius 2 is 1.89 bits per heavy atom. The Hall–Kier alpha value is 0.400. The van der Waals surface area contributed by atoms with Crippen molar-refractivity contribution >= 4 is 15.9 Å². The molecule has 3 fully saturated rings. The van der Waals surface area contributed by atoms with Crippen LogP contribution in [0.15, 0.2) is 0 Å². The van der Waals surface area contributed by atoms with Gasteiger partial charge in [0.15, 0.2) is 0 Å². The maximum absolute atomic E-state index is 5.99. The standard InChI is InChI=1S/C15H26BrNO/c16-11-15(7-3-4-8-15)12-17-9-10-18-14-6-2-1-5-13(14)17/h13-14H,1-12H2. The Labute approximate surface area is 120 Å². The van der Waals surface area contributed by atoms with Crippen LogP contribution in [-0.4, -0.2) is 42.1 Å². The van der Waals surface area contributed by atoms with Crippen molar-refractivity contribution in [2.75, 3.05) is 25.0 Å². The van der Waals surface area contributed by atoms with Gasteiger partial charge in [0.05, 0.1) is 12.7 Å². The van der Waals surface area contributed by atoms with E-state index in [1.165, 1.54) is 63.2 Å². The molecule has 0 aromatic carbocycles. The molecule has 3 rings (SSSR count). The first-order valence-corrected chi connectivity index (χ1v) is 8.87. The van der Waals surface area contributed by atoms with Crippen LogP contribution in [0.5, 0.6) is 0 Å². The quantitative estimate of drug-likeness (QED) is 0.738. The molecule has 2 saturated carbocycles. The third-order valence-corrected chi connectivity index (χ3v) is 6.52. The lowest BCUT2D eigenvalue weighted by Gasteiger charge is -2.47. The van der Waals surface area contributed by atoms with Gasteiger partial charge < -0.3 is 4.74 Å². The number of ether oxygens (including phenoxy) is 1. The molecule has 2 nitrogen and oxygen atoms in total. The zero-order chi connectivity index (χ0) is 12.4. The fourth-order valence-corrected chi connectivity index (χ4v) is 5.00. The number of fused-ring (bicyclic) bond motifs is 1. The molecule has 1 heterocycles. The van der Waals surface area contributed by atoms with E-state index in [1.54, 1.807) is 0 Å². The predicted octanol–water partition coefficient (Wildman–Crippen LogP) is 3.59. The normalized spacial score (nSPS) is 36.5. The molecule has 0 amide bonds. The molecule has 1 saturated heterocycles. The van der Waals surface area contributed by atoms with Gasteiger partial charge in [0.25, 0.3) is 0 Å². The summed E-state index contributed by atoms with van der Waals surface area (Å²) >= 11 is 3.79. The molecule has 104 valence electrons. The Bertz CT molecular complexity index is 276. The highest BCUT2D eigenvalue weighted by Crippen LogP contribution is 2.42. The summed E-state index contributed by atoms with van der Waals surface area (Å²) in [6.07, 6.45) is 11.7. The number of morpholine rings is 1. The van der Waals surface area contributed by atoms with Gasteiger partial charge in [-0.25, -0.2) is 0 Å². The number of hydrogen-bond acceptors (Lipinski definition) is 2. The lowest BCUT2D eigenvalue weighted by Crippen LogP contribution is -2.55. The summed E-state index contributed by atoms with van der Waals surface area (Å²) in [5.74, 6) is 0. The van der Waals surface area contributed by atoms with Crippen LogP contribution in [0, 0.1) is 5.41 Å². The second-order valence-corrected chi connectivity index (χ2v) is 7.13. The molecule has 1 aliphatic heterocycles. The summed E-state index contributed by atoms with van der Waals surface area (Å²) < 4.78 is 5.99. The average Bonchev–Trinajstić information content (AvgIpc) is 2.88. The van der Waals surface area contributed by atoms with E-state index in [1.807, 2.05) is 0 Å². The zero-order valence-corrected chi connectivity index (χ0v) is 13.0. The van der Waals surface area contributed by atoms with Gasteiger partial charge in [0.2, 0.25) is 0 Å². The summed E-state index contributed by atoms with van der Waals surface area (Å²) in [7, 11) is 0. The minimum absolute atomic E-state index is 0.543. The van der Waals surface area contributed by atoms with Crippen molar-refractivity contribution < 1.29 is 4.74 Å². The molecule has 3 aliphatic rings. The molecular weight excluding hydrogens is 290 g/mol. The molecule has 0 bridgehead atoms. The van der Waals surface area contributed by atoms with Crippen molar-refractivity contribution in [2.45, 2.75) is 63.5 Å². The van der Waals surface area contributed by atoms with Gasteiger partial charge in [0, 0.05) is 24.5 Å². The Balaban J connectivity index is 1.66. The molecule has 0 radical (unpaired) electrons. The fourth-order valence-electron chi connectivity index (χ4n) is 4.26. The van der Waals surface area contributed by atoms with Gasteiger partial charge in [0.1, 0.15) is 0 Å². The first-order valence-electron chi connectivity index (χ1n) is 7.75. The maximum Gasteiger partial charge on any atom is 0.0730 e. The van der Waals surface area contributed by atoms with E-state index in [4.69, 9.17) is 4.74 Å². The van der Waals surface area contributed by atoms with Crippen molar-refractivity contribution in [3.05, 3.63) is 0 Å². The molecule has 2 atom stereocenters. The zero-order valence-electron chi connectivity index (χ0n) is 11.4. The Morgan fingerprint density at radius 3 is 2.67 bits per heavy atom. The van der Waals surface area contributed by atoms with Crippen LogP contribution in [0.3, 0.4) is 0 Å². The van der Waals surface area contributed by atoms with Crippen molar-refractivity contribution in [1.29, 1.82) is 0 Å². The van der Waals surface area contributed by atoms with E-state index in [0.717, 1.165) is 19.2 Å². The number of rotatable bonds is 3. The van der Waals surface area contributed by atoms with Crippen molar-refractivity contribution in [3.63, 3.8) is 0 Å². The van der Waals surface area contributed by atoms with Gasteiger partial charge >= 0.3 is 0 Å². The monoisotopic (exact) mass is 315 g/mol. The largest absolute Gasteiger partial charge is 0.375 e. The third kappa shape index (κ3) is 2.64. The SMILES string of the molecule is BrCC1(CN2CCOC3CCCCC32)CCCC1. The summed E-state index contributed by atoms with van der Waals surface area (Å²) in [5.41, 5.74) is 0.569. The van der Waals surface area contributed by atoms with E-state index < -0.39 is 0 Å². The molecule has 0 spiro atoms. The summed E-state index contributed by atoms with van der Waals surface area (Å²) in [5, 5.41) is 1.19. The Kier molecular flexibility index (Phi) is 4.32. The molecule has 2 aliphatic carbocycles. The maximum atomic E-state index is 5.99. The van der Waals surface area contributed by atoms with E-state index in [9.17, 15) is 0 Å². The second kappa shape index (κ2) is 5.80. The highest BCUT2D eigenvalue weighted by atomic mass is 79.9. The topological polar surface area (TPSA) is 12.5 Å². The molecule has 0 aromatic heterocycles. The van der Waals surface area contributed by atoms with Crippen molar-refractivity contribution in [2.24, 2.45) is 5.41 Å². The number of nitrogens with zero attached hydrogens (tertiary/aromatic N) is 1. The number of hydrogen-bond donors (Lipinski definition) is 0. The third-order valence-electron chi connectivity index (χ3n) is 5.33. The van der Waals surface area contributed by atoms with Gasteiger partial charge in [-0.05, 0) is 31.1 Å². The van der Waals surface area contributed by atoms with Crippen LogP contribution >= 0.6 is 15.9 Å². The molecule has 0 aromatic rings. The van der Waals surface area contributed by atoms with Crippen LogP contribution in [0.25, 0.3) is 0 Å². The van der Waals surface area contributed by atoms with Crippen LogP contribution in [0.1, 0.15) is 51.4 Å². The molecule has 18 heavy (non-hydrogen) atoms. The van der Waals surface area contributed by atoms with Crippen molar-refractivity contribution in [3.8, 4) is 0 Å². The van der Waals surface area contributed by atoms with E-state index in [0.29, 0.717) is 11.5 Å². The highest BCUT2D eigenvalue weighted by Gasteiger charge is 2.40. The first kappa shape index (κ1) is 13.4. The van der Waals surface area contributed by atoms with Crippen LogP contribution in [0.2, 0.25) is 0 Å². The fraction of sp³-hybridized carbons (Fsp3) is 1.00. The minimum atomic E-state index is 0.543. The number of halogens is 1. The van der Waals surface area contributed by atoms with E-state index in [2.05, 4.69) is 20.8 Å². The molecule has 0 N–H and O–H groups in total. The smallest absolute Gasteiger partial charge is 0.0730 e. The molecular formula is C15H26BrNO. The van der Waals surface area contributed by atoms with E-state index in [-0.39, 0.29) is 0 Å². The van der Waals surface area contributed by atoms with Crippen LogP contribution < -0.4 is 0 Å². The first-order chi connectivity index (χ1) is 8.83. The Morgan fingerprint density at radius 1 is 1.11 bits per heavy atom. The highest BCUT2D eigenvalue weighted by molar-refractivity contribution is 9.09. The van der Waals surface area contributed by atoms with Gasteiger partial charge in [-0.1, -0.05) is 41.6 Å². The minimum Gasteiger partial charge on any atom is -0.375 e. The average molecular weight is 316 g/mol. The molecule has 3 heteroatoms. The predicted molar refractivity (Wildman–Crippen MR) is 78.3 cm³/mol. The van der Waals surface area contributed by atoms with Gasteiger partial charge in [-0.3, -0.25) is 4.90 Å². The summed E-state index contributed by atoms with van der Waals surface area (Å²) in [6.45, 7) is 3.43. The van der Waals surface area contributed by atoms with Crippen LogP contribution in [-0.2, 0) is 4.74 Å². The number of alkyl halides is 1. The van der Waals surface area contributed by atoms with Crippen molar-refractivity contribution in [1.82, 2.24) is 4.90 Å². The van der Waals surface area contributed by atoms with Crippen LogP contribution in [0.4, 0.5) is 0 Å². The summed E-state index contributed by atoms with van der Waals surface area (Å²) in [6, 6.07) is 0.726. The second-order valence-electron chi connectivity index (χ2n) is 6.57. The lowest BCUT2D eigenvalue weighted by atomic mass is 9.84. The molecule has 2 unspecified atom stereocenters. The lowest BCUT2D eigenvalue weighted by molar-refractivity contribution is -0.0970. The van der Waals surface area contributed by atoms with Gasteiger partial charge in [-0.15, -0.1) is 0 Å². The van der Waals surface area contributed by atoms with E-state index >= 15 is 0 Å². The summed E-state index contributed by atoms with van der Waals surface area (Å²) in [4.78, 5) is 2.78.